The van der Waals surface area contributed by atoms with Crippen molar-refractivity contribution < 1.29 is 13.5 Å². The first-order chi connectivity index (χ1) is 7.04. The number of methoxy groups -OCH3 is 1. The predicted molar refractivity (Wildman–Crippen MR) is 62.5 cm³/mol. The van der Waals surface area contributed by atoms with E-state index in [1.165, 1.54) is 0 Å². The Morgan fingerprint density at radius 1 is 1.38 bits per heavy atom. The van der Waals surface area contributed by atoms with Crippen molar-refractivity contribution in [2.75, 3.05) is 7.11 Å². The second-order valence-corrected chi connectivity index (χ2v) is 3.46. The van der Waals surface area contributed by atoms with Gasteiger partial charge in [0, 0.05) is 12.5 Å². The average Bonchev–Trinajstić information content (AvgIpc) is 2.16. The Labute approximate surface area is 100 Å². The minimum atomic E-state index is -2.37. The highest BCUT2D eigenvalue weighted by Crippen LogP contribution is 2.24. The first-order valence-corrected chi connectivity index (χ1v) is 4.73. The zero-order chi connectivity index (χ0) is 11.4. The summed E-state index contributed by atoms with van der Waals surface area (Å²) in [7, 11) is 1.57. The topological polar surface area (TPSA) is 35.2 Å². The van der Waals surface area contributed by atoms with Crippen molar-refractivity contribution in [2.45, 2.75) is 25.8 Å². The van der Waals surface area contributed by atoms with Crippen molar-refractivity contribution in [3.05, 3.63) is 29.3 Å². The monoisotopic (exact) mass is 251 g/mol. The van der Waals surface area contributed by atoms with Crippen LogP contribution in [0.2, 0.25) is 0 Å². The Kier molecular flexibility index (Phi) is 6.29. The summed E-state index contributed by atoms with van der Waals surface area (Å²) in [6.45, 7) is 1.86. The zero-order valence-corrected chi connectivity index (χ0v) is 10.1. The maximum atomic E-state index is 12.1. The number of hydrogen-bond acceptors (Lipinski definition) is 2. The Balaban J connectivity index is 0.00000225. The van der Waals surface area contributed by atoms with Crippen LogP contribution in [-0.2, 0) is 0 Å². The van der Waals surface area contributed by atoms with E-state index in [0.717, 1.165) is 11.3 Å². The van der Waals surface area contributed by atoms with Crippen LogP contribution in [-0.4, -0.2) is 13.5 Å². The van der Waals surface area contributed by atoms with Crippen LogP contribution in [0.5, 0.6) is 5.75 Å². The van der Waals surface area contributed by atoms with Crippen LogP contribution in [0.25, 0.3) is 0 Å². The van der Waals surface area contributed by atoms with Gasteiger partial charge in [-0.2, -0.15) is 0 Å². The highest BCUT2D eigenvalue weighted by atomic mass is 35.5. The second kappa shape index (κ2) is 6.66. The smallest absolute Gasteiger partial charge is 0.240 e. The fourth-order valence-corrected chi connectivity index (χ4v) is 1.46. The lowest BCUT2D eigenvalue weighted by Crippen LogP contribution is -2.14. The van der Waals surface area contributed by atoms with Gasteiger partial charge in [-0.05, 0) is 24.1 Å². The van der Waals surface area contributed by atoms with Crippen LogP contribution in [0.15, 0.2) is 18.2 Å². The van der Waals surface area contributed by atoms with Crippen molar-refractivity contribution in [1.29, 1.82) is 0 Å². The normalized spacial score (nSPS) is 12.1. The Morgan fingerprint density at radius 3 is 2.44 bits per heavy atom. The molecular formula is C11H16ClF2NO. The van der Waals surface area contributed by atoms with Gasteiger partial charge in [-0.25, -0.2) is 8.78 Å². The molecule has 0 bridgehead atoms. The number of rotatable bonds is 4. The summed E-state index contributed by atoms with van der Waals surface area (Å²) < 4.78 is 29.3. The highest BCUT2D eigenvalue weighted by molar-refractivity contribution is 5.85. The molecule has 0 radical (unpaired) electrons. The molecule has 1 aromatic carbocycles. The number of benzene rings is 1. The first-order valence-electron chi connectivity index (χ1n) is 4.73. The molecule has 1 aromatic rings. The molecule has 0 amide bonds. The van der Waals surface area contributed by atoms with Crippen molar-refractivity contribution >= 4 is 12.4 Å². The van der Waals surface area contributed by atoms with Crippen molar-refractivity contribution in [3.8, 4) is 5.75 Å². The maximum Gasteiger partial charge on any atom is 0.240 e. The molecule has 1 rings (SSSR count). The summed E-state index contributed by atoms with van der Waals surface area (Å²) in [5, 5.41) is 0. The van der Waals surface area contributed by atoms with Gasteiger partial charge in [0.25, 0.3) is 0 Å². The van der Waals surface area contributed by atoms with Crippen LogP contribution in [0, 0.1) is 6.92 Å². The lowest BCUT2D eigenvalue weighted by atomic mass is 10.0. The lowest BCUT2D eigenvalue weighted by Gasteiger charge is -2.13. The first kappa shape index (κ1) is 15.1. The number of halogens is 3. The van der Waals surface area contributed by atoms with Gasteiger partial charge in [-0.3, -0.25) is 0 Å². The summed E-state index contributed by atoms with van der Waals surface area (Å²) >= 11 is 0. The molecule has 0 aliphatic heterocycles. The SMILES string of the molecule is COc1ccc([C@H](N)CC(F)F)cc1C.Cl. The van der Waals surface area contributed by atoms with Gasteiger partial charge in [-0.15, -0.1) is 12.4 Å². The van der Waals surface area contributed by atoms with Gasteiger partial charge < -0.3 is 10.5 Å². The minimum absolute atomic E-state index is 0. The zero-order valence-electron chi connectivity index (χ0n) is 9.24. The van der Waals surface area contributed by atoms with Crippen LogP contribution in [0.3, 0.4) is 0 Å². The molecule has 5 heteroatoms. The third kappa shape index (κ3) is 3.94. The maximum absolute atomic E-state index is 12.1. The molecule has 0 fully saturated rings. The van der Waals surface area contributed by atoms with Gasteiger partial charge in [0.05, 0.1) is 7.11 Å². The molecule has 0 aromatic heterocycles. The predicted octanol–water partition coefficient (Wildman–Crippen LogP) is 3.08. The minimum Gasteiger partial charge on any atom is -0.496 e. The molecule has 0 aliphatic rings. The quantitative estimate of drug-likeness (QED) is 0.893. The Bertz CT molecular complexity index is 334. The van der Waals surface area contributed by atoms with E-state index in [4.69, 9.17) is 10.5 Å². The molecule has 0 saturated carbocycles. The molecule has 92 valence electrons. The molecule has 2 N–H and O–H groups in total. The molecule has 1 atom stereocenters. The molecule has 0 heterocycles. The summed E-state index contributed by atoms with van der Waals surface area (Å²) in [6.07, 6.45) is -2.69. The molecular weight excluding hydrogens is 236 g/mol. The van der Waals surface area contributed by atoms with Gasteiger partial charge in [0.1, 0.15) is 5.75 Å². The number of alkyl halides is 2. The van der Waals surface area contributed by atoms with E-state index in [1.54, 1.807) is 25.3 Å². The van der Waals surface area contributed by atoms with Gasteiger partial charge in [-0.1, -0.05) is 12.1 Å². The molecule has 0 aliphatic carbocycles. The third-order valence-corrected chi connectivity index (χ3v) is 2.28. The van der Waals surface area contributed by atoms with Gasteiger partial charge >= 0.3 is 0 Å². The molecule has 0 unspecified atom stereocenters. The van der Waals surface area contributed by atoms with Crippen LogP contribution < -0.4 is 10.5 Å². The van der Waals surface area contributed by atoms with Gasteiger partial charge in [0.2, 0.25) is 6.43 Å². The fourth-order valence-electron chi connectivity index (χ4n) is 1.46. The van der Waals surface area contributed by atoms with E-state index in [9.17, 15) is 8.78 Å². The summed E-state index contributed by atoms with van der Waals surface area (Å²) in [4.78, 5) is 0. The standard InChI is InChI=1S/C11H15F2NO.ClH/c1-7-5-8(3-4-10(7)15-2)9(14)6-11(12)13;/h3-5,9,11H,6,14H2,1-2H3;1H/t9-;/m1./s1. The Morgan fingerprint density at radius 2 is 2.00 bits per heavy atom. The molecule has 2 nitrogen and oxygen atoms in total. The van der Waals surface area contributed by atoms with E-state index in [2.05, 4.69) is 0 Å². The van der Waals surface area contributed by atoms with E-state index in [1.807, 2.05) is 6.92 Å². The second-order valence-electron chi connectivity index (χ2n) is 3.46. The fraction of sp³-hybridized carbons (Fsp3) is 0.455. The van der Waals surface area contributed by atoms with E-state index in [-0.39, 0.29) is 18.8 Å². The van der Waals surface area contributed by atoms with Crippen LogP contribution in [0.1, 0.15) is 23.6 Å². The van der Waals surface area contributed by atoms with Gasteiger partial charge in [0.15, 0.2) is 0 Å². The lowest BCUT2D eigenvalue weighted by molar-refractivity contribution is 0.128. The van der Waals surface area contributed by atoms with Crippen molar-refractivity contribution in [1.82, 2.24) is 0 Å². The van der Waals surface area contributed by atoms with Crippen LogP contribution >= 0.6 is 12.4 Å². The number of hydrogen-bond donors (Lipinski definition) is 1. The number of nitrogens with two attached hydrogens (primary N) is 1. The van der Waals surface area contributed by atoms with Crippen molar-refractivity contribution in [3.63, 3.8) is 0 Å². The summed E-state index contributed by atoms with van der Waals surface area (Å²) in [5.41, 5.74) is 7.25. The van der Waals surface area contributed by atoms with Crippen LogP contribution in [0.4, 0.5) is 8.78 Å². The van der Waals surface area contributed by atoms with E-state index >= 15 is 0 Å². The number of aryl methyl sites for hydroxylation is 1. The largest absolute Gasteiger partial charge is 0.496 e. The number of ether oxygens (including phenoxy) is 1. The molecule has 0 spiro atoms. The summed E-state index contributed by atoms with van der Waals surface area (Å²) in [6, 6.07) is 4.63. The molecule has 0 saturated heterocycles. The highest BCUT2D eigenvalue weighted by Gasteiger charge is 2.13. The Hall–Kier alpha value is -0.870. The molecule has 16 heavy (non-hydrogen) atoms. The third-order valence-electron chi connectivity index (χ3n) is 2.28. The van der Waals surface area contributed by atoms with E-state index in [0.29, 0.717) is 5.56 Å². The summed E-state index contributed by atoms with van der Waals surface area (Å²) in [5.74, 6) is 0.739. The average molecular weight is 252 g/mol. The van der Waals surface area contributed by atoms with E-state index < -0.39 is 12.5 Å². The van der Waals surface area contributed by atoms with Crippen molar-refractivity contribution in [2.24, 2.45) is 5.73 Å².